The summed E-state index contributed by atoms with van der Waals surface area (Å²) in [4.78, 5) is 27.6. The van der Waals surface area contributed by atoms with Crippen molar-refractivity contribution in [3.05, 3.63) is 71.0 Å². The normalized spacial score (nSPS) is 17.2. The molecule has 0 radical (unpaired) electrons. The lowest BCUT2D eigenvalue weighted by atomic mass is 9.95. The minimum absolute atomic E-state index is 0.0178. The zero-order valence-corrected chi connectivity index (χ0v) is 20.1. The average Bonchev–Trinajstić information content (AvgIpc) is 3.38. The van der Waals surface area contributed by atoms with E-state index in [4.69, 9.17) is 18.7 Å². The molecule has 1 aromatic heterocycles. The van der Waals surface area contributed by atoms with Crippen molar-refractivity contribution in [1.82, 2.24) is 5.16 Å². The van der Waals surface area contributed by atoms with Crippen molar-refractivity contribution in [3.63, 3.8) is 0 Å². The van der Waals surface area contributed by atoms with E-state index in [1.165, 1.54) is 19.1 Å². The number of Topliss-reactive ketones (excluding diaryl/α,β-unsaturated/α-hetero) is 1. The van der Waals surface area contributed by atoms with Crippen LogP contribution in [0.4, 0.5) is 5.82 Å². The molecule has 2 aromatic carbocycles. The summed E-state index contributed by atoms with van der Waals surface area (Å²) in [6, 6.07) is 12.2. The Morgan fingerprint density at radius 1 is 1.03 bits per heavy atom. The molecule has 0 unspecified atom stereocenters. The van der Waals surface area contributed by atoms with Gasteiger partial charge in [0.15, 0.2) is 17.3 Å². The fourth-order valence-corrected chi connectivity index (χ4v) is 3.99. The third-order valence-electron chi connectivity index (χ3n) is 5.53. The van der Waals surface area contributed by atoms with Gasteiger partial charge in [0, 0.05) is 11.6 Å². The Kier molecular flexibility index (Phi) is 6.50. The van der Waals surface area contributed by atoms with E-state index in [-0.39, 0.29) is 23.3 Å². The van der Waals surface area contributed by atoms with Gasteiger partial charge in [0.2, 0.25) is 0 Å². The predicted octanol–water partition coefficient (Wildman–Crippen LogP) is 4.41. The number of aliphatic hydroxyl groups is 1. The number of aromatic nitrogens is 1. The molecule has 2 heterocycles. The number of ketones is 1. The molecule has 1 amide bonds. The number of nitrogens with zero attached hydrogens (tertiary/aromatic N) is 2. The van der Waals surface area contributed by atoms with Crippen LogP contribution in [-0.4, -0.2) is 42.3 Å². The first kappa shape index (κ1) is 23.9. The zero-order valence-electron chi connectivity index (χ0n) is 20.1. The van der Waals surface area contributed by atoms with Crippen LogP contribution >= 0.6 is 0 Å². The van der Waals surface area contributed by atoms with Crippen molar-refractivity contribution >= 4 is 23.3 Å². The standard InChI is InChI=1S/C26H26N2O7/c1-14(2)34-18-9-6-16(7-10-18)24(29)22-23(17-8-11-19(32-4)20(13-17)33-5)28(26(31)25(22)30)21-12-15(3)35-27-21/h6-14,23,29H,1-5H3/t23-/m0/s1. The minimum atomic E-state index is -0.981. The molecule has 1 atom stereocenters. The van der Waals surface area contributed by atoms with Crippen LogP contribution < -0.4 is 19.1 Å². The summed E-state index contributed by atoms with van der Waals surface area (Å²) in [7, 11) is 2.99. The lowest BCUT2D eigenvalue weighted by Gasteiger charge is -2.23. The predicted molar refractivity (Wildman–Crippen MR) is 128 cm³/mol. The Morgan fingerprint density at radius 2 is 1.71 bits per heavy atom. The number of aryl methyl sites for hydroxylation is 1. The molecule has 9 nitrogen and oxygen atoms in total. The molecule has 1 N–H and O–H groups in total. The third-order valence-corrected chi connectivity index (χ3v) is 5.53. The van der Waals surface area contributed by atoms with Gasteiger partial charge in [-0.1, -0.05) is 11.2 Å². The van der Waals surface area contributed by atoms with E-state index in [1.807, 2.05) is 13.8 Å². The van der Waals surface area contributed by atoms with Crippen molar-refractivity contribution < 1.29 is 33.4 Å². The molecular formula is C26H26N2O7. The molecule has 1 aliphatic rings. The van der Waals surface area contributed by atoms with Gasteiger partial charge in [0.1, 0.15) is 17.3 Å². The highest BCUT2D eigenvalue weighted by molar-refractivity contribution is 6.51. The summed E-state index contributed by atoms with van der Waals surface area (Å²) in [6.07, 6.45) is -0.0178. The Hall–Kier alpha value is -4.27. The van der Waals surface area contributed by atoms with Crippen LogP contribution in [0.3, 0.4) is 0 Å². The molecule has 1 aliphatic heterocycles. The lowest BCUT2D eigenvalue weighted by molar-refractivity contribution is -0.132. The Balaban J connectivity index is 1.88. The summed E-state index contributed by atoms with van der Waals surface area (Å²) in [5.41, 5.74) is 0.796. The van der Waals surface area contributed by atoms with Crippen molar-refractivity contribution in [3.8, 4) is 17.2 Å². The average molecular weight is 479 g/mol. The van der Waals surface area contributed by atoms with Gasteiger partial charge in [-0.15, -0.1) is 0 Å². The van der Waals surface area contributed by atoms with Crippen molar-refractivity contribution in [2.75, 3.05) is 19.1 Å². The minimum Gasteiger partial charge on any atom is -0.507 e. The highest BCUT2D eigenvalue weighted by atomic mass is 16.5. The third kappa shape index (κ3) is 4.44. The fourth-order valence-electron chi connectivity index (χ4n) is 3.99. The van der Waals surface area contributed by atoms with E-state index in [1.54, 1.807) is 55.5 Å². The van der Waals surface area contributed by atoms with Gasteiger partial charge in [-0.25, -0.2) is 0 Å². The summed E-state index contributed by atoms with van der Waals surface area (Å²) < 4.78 is 21.6. The van der Waals surface area contributed by atoms with Crippen molar-refractivity contribution in [2.45, 2.75) is 32.9 Å². The molecule has 182 valence electrons. The van der Waals surface area contributed by atoms with Crippen LogP contribution in [0.15, 0.2) is 58.6 Å². The SMILES string of the molecule is COc1ccc([C@H]2C(=C(O)c3ccc(OC(C)C)cc3)C(=O)C(=O)N2c2cc(C)on2)cc1OC. The number of aliphatic hydroxyl groups excluding tert-OH is 1. The molecule has 0 saturated carbocycles. The number of hydrogen-bond acceptors (Lipinski definition) is 8. The molecule has 3 aromatic rings. The van der Waals surface area contributed by atoms with Gasteiger partial charge >= 0.3 is 5.91 Å². The van der Waals surface area contributed by atoms with Gasteiger partial charge in [-0.2, -0.15) is 0 Å². The summed E-state index contributed by atoms with van der Waals surface area (Å²) in [5, 5.41) is 15.2. The van der Waals surface area contributed by atoms with Crippen LogP contribution in [0.5, 0.6) is 17.2 Å². The summed E-state index contributed by atoms with van der Waals surface area (Å²) in [5.74, 6) is 0.129. The van der Waals surface area contributed by atoms with E-state index >= 15 is 0 Å². The number of methoxy groups -OCH3 is 2. The number of rotatable bonds is 7. The number of carbonyl (C=O) groups is 2. The zero-order chi connectivity index (χ0) is 25.3. The van der Waals surface area contributed by atoms with Crippen LogP contribution in [0.1, 0.15) is 36.8 Å². The number of carbonyl (C=O) groups excluding carboxylic acids is 2. The molecule has 1 fully saturated rings. The Morgan fingerprint density at radius 3 is 2.29 bits per heavy atom. The van der Waals surface area contributed by atoms with Crippen molar-refractivity contribution in [1.29, 1.82) is 0 Å². The van der Waals surface area contributed by atoms with Gasteiger partial charge in [0.25, 0.3) is 5.78 Å². The highest BCUT2D eigenvalue weighted by Crippen LogP contribution is 2.44. The first-order chi connectivity index (χ1) is 16.7. The van der Waals surface area contributed by atoms with E-state index in [2.05, 4.69) is 5.16 Å². The number of amides is 1. The van der Waals surface area contributed by atoms with Gasteiger partial charge in [-0.05, 0) is 62.7 Å². The smallest absolute Gasteiger partial charge is 0.301 e. The first-order valence-corrected chi connectivity index (χ1v) is 11.0. The molecule has 35 heavy (non-hydrogen) atoms. The maximum Gasteiger partial charge on any atom is 0.301 e. The quantitative estimate of drug-likeness (QED) is 0.302. The van der Waals surface area contributed by atoms with Gasteiger partial charge in [-0.3, -0.25) is 14.5 Å². The molecule has 9 heteroatoms. The summed E-state index contributed by atoms with van der Waals surface area (Å²) >= 11 is 0. The second kappa shape index (κ2) is 9.54. The summed E-state index contributed by atoms with van der Waals surface area (Å²) in [6.45, 7) is 5.49. The van der Waals surface area contributed by atoms with E-state index < -0.39 is 17.7 Å². The topological polar surface area (TPSA) is 111 Å². The molecule has 0 aliphatic carbocycles. The molecule has 0 bridgehead atoms. The van der Waals surface area contributed by atoms with Crippen LogP contribution in [0.2, 0.25) is 0 Å². The number of anilines is 1. The van der Waals surface area contributed by atoms with Crippen molar-refractivity contribution in [2.24, 2.45) is 0 Å². The largest absolute Gasteiger partial charge is 0.507 e. The highest BCUT2D eigenvalue weighted by Gasteiger charge is 2.48. The maximum atomic E-state index is 13.2. The second-order valence-electron chi connectivity index (χ2n) is 8.27. The molecule has 0 spiro atoms. The van der Waals surface area contributed by atoms with Crippen LogP contribution in [0.25, 0.3) is 5.76 Å². The second-order valence-corrected chi connectivity index (χ2v) is 8.27. The lowest BCUT2D eigenvalue weighted by Crippen LogP contribution is -2.29. The Labute approximate surface area is 202 Å². The molecular weight excluding hydrogens is 452 g/mol. The first-order valence-electron chi connectivity index (χ1n) is 11.0. The number of hydrogen-bond donors (Lipinski definition) is 1. The maximum absolute atomic E-state index is 13.2. The molecule has 1 saturated heterocycles. The van der Waals surface area contributed by atoms with Gasteiger partial charge in [0.05, 0.1) is 31.9 Å². The van der Waals surface area contributed by atoms with E-state index in [0.29, 0.717) is 34.1 Å². The molecule has 4 rings (SSSR count). The van der Waals surface area contributed by atoms with Crippen LogP contribution in [0, 0.1) is 6.92 Å². The number of benzene rings is 2. The van der Waals surface area contributed by atoms with Crippen LogP contribution in [-0.2, 0) is 9.59 Å². The van der Waals surface area contributed by atoms with Gasteiger partial charge < -0.3 is 23.8 Å². The monoisotopic (exact) mass is 478 g/mol. The Bertz CT molecular complexity index is 1290. The fraction of sp³-hybridized carbons (Fsp3) is 0.269. The number of ether oxygens (including phenoxy) is 3. The van der Waals surface area contributed by atoms with E-state index in [9.17, 15) is 14.7 Å². The van der Waals surface area contributed by atoms with E-state index in [0.717, 1.165) is 0 Å².